The Morgan fingerprint density at radius 3 is 2.94 bits per heavy atom. The molecule has 3 atom stereocenters. The lowest BCUT2D eigenvalue weighted by Gasteiger charge is -2.23. The molecule has 2 aliphatic heterocycles. The maximum atomic E-state index is 12.2. The quantitative estimate of drug-likeness (QED) is 0.732. The van der Waals surface area contributed by atoms with Crippen molar-refractivity contribution in [3.05, 3.63) is 0 Å². The SMILES string of the molecule is CCCC(C(=O)NC1CCN2CCCC12)C(N)=S. The first-order valence-electron chi connectivity index (χ1n) is 6.97. The van der Waals surface area contributed by atoms with Gasteiger partial charge in [-0.15, -0.1) is 0 Å². The van der Waals surface area contributed by atoms with Gasteiger partial charge in [-0.3, -0.25) is 9.69 Å². The second-order valence-corrected chi connectivity index (χ2v) is 5.86. The molecule has 2 saturated heterocycles. The van der Waals surface area contributed by atoms with Gasteiger partial charge in [-0.05, 0) is 32.2 Å². The van der Waals surface area contributed by atoms with E-state index < -0.39 is 0 Å². The molecule has 18 heavy (non-hydrogen) atoms. The molecule has 102 valence electrons. The molecule has 1 amide bonds. The molecule has 2 aliphatic rings. The summed E-state index contributed by atoms with van der Waals surface area (Å²) in [6.45, 7) is 4.35. The van der Waals surface area contributed by atoms with E-state index in [1.54, 1.807) is 0 Å². The summed E-state index contributed by atoms with van der Waals surface area (Å²) in [5, 5.41) is 3.17. The summed E-state index contributed by atoms with van der Waals surface area (Å²) in [7, 11) is 0. The van der Waals surface area contributed by atoms with E-state index in [-0.39, 0.29) is 11.8 Å². The first kappa shape index (κ1) is 13.7. The molecule has 4 nitrogen and oxygen atoms in total. The van der Waals surface area contributed by atoms with Gasteiger partial charge in [0.15, 0.2) is 0 Å². The summed E-state index contributed by atoms with van der Waals surface area (Å²) < 4.78 is 0. The Morgan fingerprint density at radius 1 is 1.50 bits per heavy atom. The molecular weight excluding hydrogens is 246 g/mol. The molecule has 3 unspecified atom stereocenters. The number of carbonyl (C=O) groups excluding carboxylic acids is 1. The first-order chi connectivity index (χ1) is 8.63. The molecule has 0 bridgehead atoms. The summed E-state index contributed by atoms with van der Waals surface area (Å²) in [6, 6.07) is 0.844. The lowest BCUT2D eigenvalue weighted by Crippen LogP contribution is -2.47. The van der Waals surface area contributed by atoms with Crippen LogP contribution in [0.1, 0.15) is 39.0 Å². The standard InChI is InChI=1S/C13H23N3OS/c1-2-4-9(12(14)18)13(17)15-10-6-8-16-7-3-5-11(10)16/h9-11H,2-8H2,1H3,(H2,14,18)(H,15,17). The number of amides is 1. The zero-order valence-corrected chi connectivity index (χ0v) is 11.8. The molecular formula is C13H23N3OS. The van der Waals surface area contributed by atoms with Crippen molar-refractivity contribution in [2.75, 3.05) is 13.1 Å². The minimum Gasteiger partial charge on any atom is -0.393 e. The summed E-state index contributed by atoms with van der Waals surface area (Å²) in [6.07, 6.45) is 5.20. The minimum atomic E-state index is -0.291. The van der Waals surface area contributed by atoms with E-state index in [9.17, 15) is 4.79 Å². The van der Waals surface area contributed by atoms with Crippen LogP contribution in [0.5, 0.6) is 0 Å². The fourth-order valence-corrected chi connectivity index (χ4v) is 3.45. The van der Waals surface area contributed by atoms with Gasteiger partial charge in [0.25, 0.3) is 0 Å². The van der Waals surface area contributed by atoms with Crippen LogP contribution in [0.4, 0.5) is 0 Å². The molecule has 2 heterocycles. The maximum absolute atomic E-state index is 12.2. The number of fused-ring (bicyclic) bond motifs is 1. The van der Waals surface area contributed by atoms with Crippen molar-refractivity contribution >= 4 is 23.1 Å². The number of carbonyl (C=O) groups is 1. The Hall–Kier alpha value is -0.680. The maximum Gasteiger partial charge on any atom is 0.230 e. The number of rotatable bonds is 5. The number of nitrogens with zero attached hydrogens (tertiary/aromatic N) is 1. The van der Waals surface area contributed by atoms with Gasteiger partial charge in [-0.2, -0.15) is 0 Å². The Morgan fingerprint density at radius 2 is 2.28 bits per heavy atom. The summed E-state index contributed by atoms with van der Waals surface area (Å²) in [5.41, 5.74) is 5.66. The van der Waals surface area contributed by atoms with Crippen LogP contribution in [0.15, 0.2) is 0 Å². The van der Waals surface area contributed by atoms with Crippen molar-refractivity contribution in [3.63, 3.8) is 0 Å². The minimum absolute atomic E-state index is 0.0306. The van der Waals surface area contributed by atoms with E-state index in [2.05, 4.69) is 10.2 Å². The van der Waals surface area contributed by atoms with Crippen LogP contribution in [0, 0.1) is 5.92 Å². The van der Waals surface area contributed by atoms with Gasteiger partial charge in [0.2, 0.25) is 5.91 Å². The topological polar surface area (TPSA) is 58.4 Å². The predicted octanol–water partition coefficient (Wildman–Crippen LogP) is 1.04. The van der Waals surface area contributed by atoms with Gasteiger partial charge >= 0.3 is 0 Å². The van der Waals surface area contributed by atoms with Gasteiger partial charge in [0.05, 0.1) is 10.9 Å². The molecule has 0 radical (unpaired) electrons. The lowest BCUT2D eigenvalue weighted by molar-refractivity contribution is -0.124. The summed E-state index contributed by atoms with van der Waals surface area (Å²) in [4.78, 5) is 15.0. The highest BCUT2D eigenvalue weighted by atomic mass is 32.1. The average molecular weight is 269 g/mol. The molecule has 0 aromatic carbocycles. The summed E-state index contributed by atoms with van der Waals surface area (Å²) in [5.74, 6) is -0.261. The zero-order chi connectivity index (χ0) is 13.1. The van der Waals surface area contributed by atoms with Crippen molar-refractivity contribution in [2.45, 2.75) is 51.1 Å². The highest BCUT2D eigenvalue weighted by Crippen LogP contribution is 2.28. The number of nitrogens with two attached hydrogens (primary N) is 1. The Labute approximate surface area is 114 Å². The van der Waals surface area contributed by atoms with E-state index in [1.807, 2.05) is 6.92 Å². The van der Waals surface area contributed by atoms with Gasteiger partial charge in [0, 0.05) is 18.6 Å². The largest absolute Gasteiger partial charge is 0.393 e. The number of hydrogen-bond acceptors (Lipinski definition) is 3. The summed E-state index contributed by atoms with van der Waals surface area (Å²) >= 11 is 5.00. The van der Waals surface area contributed by atoms with Gasteiger partial charge in [-0.25, -0.2) is 0 Å². The van der Waals surface area contributed by atoms with Crippen LogP contribution in [-0.2, 0) is 4.79 Å². The third-order valence-electron chi connectivity index (χ3n) is 4.17. The normalized spacial score (nSPS) is 28.9. The molecule has 0 aromatic rings. The number of thiocarbonyl (C=S) groups is 1. The van der Waals surface area contributed by atoms with Crippen LogP contribution >= 0.6 is 12.2 Å². The van der Waals surface area contributed by atoms with Crippen LogP contribution in [0.3, 0.4) is 0 Å². The molecule has 2 rings (SSSR count). The molecule has 0 aromatic heterocycles. The van der Waals surface area contributed by atoms with Crippen LogP contribution in [0.25, 0.3) is 0 Å². The number of hydrogen-bond donors (Lipinski definition) is 2. The van der Waals surface area contributed by atoms with Crippen LogP contribution < -0.4 is 11.1 Å². The number of nitrogens with one attached hydrogen (secondary N) is 1. The van der Waals surface area contributed by atoms with Crippen molar-refractivity contribution < 1.29 is 4.79 Å². The van der Waals surface area contributed by atoms with Crippen molar-refractivity contribution in [1.29, 1.82) is 0 Å². The monoisotopic (exact) mass is 269 g/mol. The Bertz CT molecular complexity index is 334. The van der Waals surface area contributed by atoms with E-state index in [1.165, 1.54) is 19.4 Å². The lowest BCUT2D eigenvalue weighted by atomic mass is 10.0. The molecule has 0 spiro atoms. The van der Waals surface area contributed by atoms with Crippen LogP contribution in [0.2, 0.25) is 0 Å². The highest BCUT2D eigenvalue weighted by Gasteiger charge is 2.38. The Kier molecular flexibility index (Phi) is 4.56. The Balaban J connectivity index is 1.92. The second-order valence-electron chi connectivity index (χ2n) is 5.39. The molecule has 3 N–H and O–H groups in total. The fourth-order valence-electron chi connectivity index (χ4n) is 3.23. The zero-order valence-electron chi connectivity index (χ0n) is 11.0. The van der Waals surface area contributed by atoms with Gasteiger partial charge in [-0.1, -0.05) is 25.6 Å². The van der Waals surface area contributed by atoms with Crippen molar-refractivity contribution in [2.24, 2.45) is 11.7 Å². The van der Waals surface area contributed by atoms with Crippen molar-refractivity contribution in [1.82, 2.24) is 10.2 Å². The van der Waals surface area contributed by atoms with Crippen LogP contribution in [-0.4, -0.2) is 41.0 Å². The fraction of sp³-hybridized carbons (Fsp3) is 0.846. The van der Waals surface area contributed by atoms with Crippen molar-refractivity contribution in [3.8, 4) is 0 Å². The molecule has 0 saturated carbocycles. The highest BCUT2D eigenvalue weighted by molar-refractivity contribution is 7.80. The molecule has 0 aliphatic carbocycles. The third-order valence-corrected chi connectivity index (χ3v) is 4.46. The van der Waals surface area contributed by atoms with E-state index in [4.69, 9.17) is 18.0 Å². The van der Waals surface area contributed by atoms with E-state index >= 15 is 0 Å². The third kappa shape index (κ3) is 2.83. The average Bonchev–Trinajstić information content (AvgIpc) is 2.90. The molecule has 5 heteroatoms. The van der Waals surface area contributed by atoms with Gasteiger partial charge in [0.1, 0.15) is 0 Å². The van der Waals surface area contributed by atoms with E-state index in [0.717, 1.165) is 25.8 Å². The first-order valence-corrected chi connectivity index (χ1v) is 7.38. The predicted molar refractivity (Wildman–Crippen MR) is 76.3 cm³/mol. The molecule has 2 fully saturated rings. The van der Waals surface area contributed by atoms with E-state index in [0.29, 0.717) is 17.1 Å². The second kappa shape index (κ2) is 5.97. The van der Waals surface area contributed by atoms with Gasteiger partial charge < -0.3 is 11.1 Å². The smallest absolute Gasteiger partial charge is 0.230 e.